The number of amides is 12. The van der Waals surface area contributed by atoms with Gasteiger partial charge in [-0.15, -0.1) is 13.2 Å². The number of primary amides is 4. The minimum atomic E-state index is -0.389. The van der Waals surface area contributed by atoms with E-state index in [9.17, 15) is 48.4 Å². The van der Waals surface area contributed by atoms with Crippen molar-refractivity contribution >= 4 is 93.4 Å². The highest BCUT2D eigenvalue weighted by Crippen LogP contribution is 2.31. The third-order valence-electron chi connectivity index (χ3n) is 16.0. The predicted octanol–water partition coefficient (Wildman–Crippen LogP) is 0.958. The number of ether oxygens (including phenoxy) is 1. The van der Waals surface area contributed by atoms with E-state index in [2.05, 4.69) is 104 Å². The number of hydrogen-bond donors (Lipinski definition) is 8. The van der Waals surface area contributed by atoms with Gasteiger partial charge < -0.3 is 80.7 Å². The first-order chi connectivity index (χ1) is 49.3. The molecule has 37 heteroatoms. The third-order valence-corrected chi connectivity index (χ3v) is 16.7. The number of fused-ring (bicyclic) bond motifs is 8. The Balaban J connectivity index is 0.000000175. The Bertz CT molecular complexity index is 3750. The molecule has 12 amide bonds. The fourth-order valence-corrected chi connectivity index (χ4v) is 12.2. The van der Waals surface area contributed by atoms with Gasteiger partial charge in [0.2, 0.25) is 23.6 Å². The first-order valence-corrected chi connectivity index (χ1v) is 34.4. The molecule has 36 nitrogen and oxygen atoms in total. The van der Waals surface area contributed by atoms with Crippen molar-refractivity contribution in [1.29, 1.82) is 0 Å². The van der Waals surface area contributed by atoms with E-state index >= 15 is 0 Å². The number of nitrogens with one attached hydrogen (secondary N) is 3. The molecule has 5 aromatic rings. The molecule has 4 fully saturated rings. The summed E-state index contributed by atoms with van der Waals surface area (Å²) < 4.78 is 11.7. The molecule has 13 heterocycles. The molecule has 8 aliphatic rings. The summed E-state index contributed by atoms with van der Waals surface area (Å²) in [5.74, 6) is 2.35. The van der Waals surface area contributed by atoms with Crippen LogP contribution in [-0.4, -0.2) is 272 Å². The number of nitrogens with zero attached hydrogens (tertiary/aromatic N) is 16. The lowest BCUT2D eigenvalue weighted by molar-refractivity contribution is -0.836. The lowest BCUT2D eigenvalue weighted by Crippen LogP contribution is -3.02. The second kappa shape index (κ2) is 39.1. The Labute approximate surface area is 609 Å². The van der Waals surface area contributed by atoms with Crippen molar-refractivity contribution in [2.24, 2.45) is 22.9 Å². The van der Waals surface area contributed by atoms with Crippen molar-refractivity contribution in [3.63, 3.8) is 0 Å². The minimum Gasteiger partial charge on any atom is -0.466 e. The number of likely N-dealkylation sites (N-methyl/N-ethyl adjacent to an activating group) is 1. The fourth-order valence-electron chi connectivity index (χ4n) is 11.3. The van der Waals surface area contributed by atoms with E-state index in [1.54, 1.807) is 88.3 Å². The van der Waals surface area contributed by atoms with Gasteiger partial charge in [0.1, 0.15) is 29.1 Å². The largest absolute Gasteiger partial charge is 0.466 e. The van der Waals surface area contributed by atoms with Gasteiger partial charge in [-0.3, -0.25) is 38.9 Å². The van der Waals surface area contributed by atoms with Gasteiger partial charge in [-0.05, 0) is 53.8 Å². The summed E-state index contributed by atoms with van der Waals surface area (Å²) in [6.45, 7) is 14.8. The molecule has 4 saturated heterocycles. The summed E-state index contributed by atoms with van der Waals surface area (Å²) in [6, 6.07) is -0.822. The number of hydrogen-bond acceptors (Lipinski definition) is 18. The van der Waals surface area contributed by atoms with Crippen molar-refractivity contribution < 1.29 is 67.7 Å². The maximum absolute atomic E-state index is 12.3. The SMILES string of the molecule is C=CCON1C(=O)N2CC(I)=CC1C2.C=CCON1C(=O)N2CC(n3ccnc3CCC(N)=O)=CC1C2.CCOC(=O)CCc1ncc[nH]1.CN1C(=O)N2CC(n3ccnc3CCC(N)=O)=CC1C2.C[NH+](C)C.NC(=O)CCc1ncc[nH]1.NC(=O)CCc1nccn1C1=CC2CN(C1)C(=O)N2O. The number of carbonyl (C=O) groups is 9. The van der Waals surface area contributed by atoms with E-state index in [4.69, 9.17) is 37.3 Å². The number of aromatic amines is 2. The molecule has 12 N–H and O–H groups in total. The Kier molecular flexibility index (Phi) is 30.3. The molecule has 5 aromatic heterocycles. The number of halogens is 1. The van der Waals surface area contributed by atoms with Gasteiger partial charge in [0.05, 0.1) is 97.7 Å². The summed E-state index contributed by atoms with van der Waals surface area (Å²) in [7, 11) is 8.06. The summed E-state index contributed by atoms with van der Waals surface area (Å²) in [5, 5.41) is 13.2. The smallest absolute Gasteiger partial charge is 0.345 e. The lowest BCUT2D eigenvalue weighted by Gasteiger charge is -2.23. The standard InChI is InChI=1S/C15H19N5O3.C13H17N5O2.C12H15N5O3.C9H11IN2O2.C8H12N2O2.C6H9N3O.C3H9N/c1-2-7-23-20-12-8-11(9-18(10-12)15(20)22)19-6-5-17-14(19)4-3-13(16)21;1-16-9-6-10(8-17(7-9)13(16)20)18-5-4-15-12(18)3-2-11(14)19;13-10(18)1-2-11-14-3-4-16(11)8-5-9-7-15(6-8)12(19)17(9)20;1-2-3-14-12-8-4-7(10)5-11(6-8)9(12)13;1-2-12-8(11)4-3-7-9-5-6-10-7;7-5(10)1-2-6-8-3-4-9-6;1-4(2)3/h2,5-6,8,12H,1,3-4,7,9-10H2,(H2,16,21);4-6,9H,2-3,7-8H2,1H3,(H2,14,19);3-5,9,20H,1-2,6-7H2,(H2,13,18);2,4,8H,1,3,5-6H2;5-6H,2-4H2,1H3,(H,9,10);3-4H,1-2H2,(H2,7,10)(H,8,9);1-3H3/p+1. The van der Waals surface area contributed by atoms with Crippen LogP contribution in [0.2, 0.25) is 0 Å². The van der Waals surface area contributed by atoms with Crippen LogP contribution in [0.5, 0.6) is 0 Å². The molecule has 8 aliphatic heterocycles. The van der Waals surface area contributed by atoms with E-state index in [1.807, 2.05) is 50.2 Å². The van der Waals surface area contributed by atoms with Crippen molar-refractivity contribution in [2.45, 2.75) is 95.3 Å². The maximum atomic E-state index is 12.3. The van der Waals surface area contributed by atoms with Crippen LogP contribution in [0.1, 0.15) is 68.1 Å². The number of nitrogens with two attached hydrogens (primary N) is 4. The quantitative estimate of drug-likeness (QED) is 0.0175. The topological polar surface area (TPSA) is 447 Å². The van der Waals surface area contributed by atoms with Crippen molar-refractivity contribution in [3.8, 4) is 0 Å². The number of aryl methyl sites for hydroxylation is 5. The van der Waals surface area contributed by atoms with Crippen LogP contribution in [-0.2, 0) is 70.5 Å². The van der Waals surface area contributed by atoms with Gasteiger partial charge in [-0.1, -0.05) is 12.2 Å². The normalized spacial score (nSPS) is 18.6. The summed E-state index contributed by atoms with van der Waals surface area (Å²) in [5.41, 5.74) is 23.3. The lowest BCUT2D eigenvalue weighted by atomic mass is 10.1. The molecule has 0 aliphatic carbocycles. The number of rotatable bonds is 25. The molecule has 103 heavy (non-hydrogen) atoms. The van der Waals surface area contributed by atoms with Crippen LogP contribution in [0.4, 0.5) is 19.2 Å². The number of esters is 1. The van der Waals surface area contributed by atoms with Crippen molar-refractivity contribution in [1.82, 2.24) is 88.3 Å². The summed E-state index contributed by atoms with van der Waals surface area (Å²) >= 11 is 2.25. The summed E-state index contributed by atoms with van der Waals surface area (Å²) in [6.07, 6.45) is 32.6. The van der Waals surface area contributed by atoms with Crippen LogP contribution in [0.15, 0.2) is 115 Å². The van der Waals surface area contributed by atoms with Crippen molar-refractivity contribution in [2.75, 3.05) is 100 Å². The third kappa shape index (κ3) is 23.3. The number of carbonyl (C=O) groups excluding carboxylic acids is 9. The first kappa shape index (κ1) is 79.8. The number of H-pyrrole nitrogens is 2. The molecule has 4 unspecified atom stereocenters. The second-order valence-electron chi connectivity index (χ2n) is 24.7. The second-order valence-corrected chi connectivity index (χ2v) is 26.1. The highest BCUT2D eigenvalue weighted by Gasteiger charge is 2.43. The van der Waals surface area contributed by atoms with Crippen LogP contribution in [0.25, 0.3) is 17.1 Å². The molecule has 8 bridgehead atoms. The van der Waals surface area contributed by atoms with Gasteiger partial charge in [0, 0.05) is 174 Å². The molecule has 0 aromatic carbocycles. The van der Waals surface area contributed by atoms with Gasteiger partial charge in [0.25, 0.3) is 0 Å². The monoisotopic (exact) mass is 1540 g/mol. The van der Waals surface area contributed by atoms with E-state index in [1.165, 1.54) is 18.6 Å². The average Bonchev–Trinajstić information content (AvgIpc) is 1.66. The Hall–Kier alpha value is -10.5. The van der Waals surface area contributed by atoms with Gasteiger partial charge >= 0.3 is 30.1 Å². The predicted molar refractivity (Wildman–Crippen MR) is 383 cm³/mol. The van der Waals surface area contributed by atoms with Crippen molar-refractivity contribution in [3.05, 3.63) is 144 Å². The minimum absolute atomic E-state index is 0.0419. The van der Waals surface area contributed by atoms with Gasteiger partial charge in [-0.2, -0.15) is 15.2 Å². The first-order valence-electron chi connectivity index (χ1n) is 33.3. The number of aromatic nitrogens is 10. The average molecular weight is 1540 g/mol. The highest BCUT2D eigenvalue weighted by atomic mass is 127. The van der Waals surface area contributed by atoms with E-state index in [-0.39, 0.29) is 104 Å². The molecule has 4 atom stereocenters. The van der Waals surface area contributed by atoms with Gasteiger partial charge in [-0.25, -0.2) is 44.1 Å². The Morgan fingerprint density at radius 2 is 0.913 bits per heavy atom. The zero-order chi connectivity index (χ0) is 74.9. The van der Waals surface area contributed by atoms with Crippen LogP contribution in [0, 0.1) is 0 Å². The maximum Gasteiger partial charge on any atom is 0.345 e. The molecule has 0 spiro atoms. The molecule has 13 rings (SSSR count). The number of urea groups is 4. The van der Waals surface area contributed by atoms with Crippen LogP contribution < -0.4 is 27.8 Å². The Morgan fingerprint density at radius 1 is 0.544 bits per heavy atom. The molecule has 0 saturated carbocycles. The molecule has 0 radical (unpaired) electrons. The number of hydroxylamine groups is 6. The Morgan fingerprint density at radius 3 is 1.31 bits per heavy atom. The highest BCUT2D eigenvalue weighted by molar-refractivity contribution is 14.1. The van der Waals surface area contributed by atoms with Crippen LogP contribution in [0.3, 0.4) is 0 Å². The number of quaternary nitrogens is 1. The van der Waals surface area contributed by atoms with E-state index < -0.39 is 0 Å². The van der Waals surface area contributed by atoms with E-state index in [0.717, 1.165) is 64.4 Å². The number of imidazole rings is 5. The molecular weight excluding hydrogens is 1450 g/mol. The van der Waals surface area contributed by atoms with Crippen LogP contribution >= 0.6 is 22.6 Å². The zero-order valence-corrected chi connectivity index (χ0v) is 60.7. The van der Waals surface area contributed by atoms with E-state index in [0.29, 0.717) is 97.4 Å². The molecule has 556 valence electrons. The fraction of sp³-hybridized carbons (Fsp3) is 0.455. The molecular formula is C66H93IN23O13+. The van der Waals surface area contributed by atoms with Gasteiger partial charge in [0.15, 0.2) is 0 Å². The summed E-state index contributed by atoms with van der Waals surface area (Å²) in [4.78, 5) is 149. The zero-order valence-electron chi connectivity index (χ0n) is 58.5.